The van der Waals surface area contributed by atoms with Gasteiger partial charge in [0.2, 0.25) is 0 Å². The van der Waals surface area contributed by atoms with Crippen LogP contribution in [0.5, 0.6) is 0 Å². The second kappa shape index (κ2) is 8.30. The van der Waals surface area contributed by atoms with E-state index in [1.54, 1.807) is 21.0 Å². The smallest absolute Gasteiger partial charge is 0.341 e. The van der Waals surface area contributed by atoms with E-state index < -0.39 is 11.9 Å². The van der Waals surface area contributed by atoms with Crippen molar-refractivity contribution in [3.05, 3.63) is 94.1 Å². The van der Waals surface area contributed by atoms with Crippen LogP contribution in [0.15, 0.2) is 83.0 Å². The van der Waals surface area contributed by atoms with Crippen LogP contribution < -0.4 is 0 Å². The number of amides is 2. The zero-order valence-electron chi connectivity index (χ0n) is 18.5. The van der Waals surface area contributed by atoms with Crippen molar-refractivity contribution in [2.75, 3.05) is 20.7 Å². The lowest BCUT2D eigenvalue weighted by Crippen LogP contribution is -2.25. The summed E-state index contributed by atoms with van der Waals surface area (Å²) in [6.07, 6.45) is 0. The number of esters is 1. The molecule has 4 rings (SSSR count). The Morgan fingerprint density at radius 2 is 1.25 bits per heavy atom. The normalized spacial score (nSPS) is 18.9. The molecule has 0 saturated heterocycles. The molecule has 0 fully saturated rings. The summed E-state index contributed by atoms with van der Waals surface area (Å²) in [5.74, 6) is -1.35. The van der Waals surface area contributed by atoms with E-state index in [0.29, 0.717) is 22.5 Å². The van der Waals surface area contributed by atoms with Crippen LogP contribution in [0.2, 0.25) is 0 Å². The lowest BCUT2D eigenvalue weighted by Gasteiger charge is -2.14. The third-order valence-electron chi connectivity index (χ3n) is 5.75. The van der Waals surface area contributed by atoms with Gasteiger partial charge in [-0.2, -0.15) is 0 Å². The molecule has 0 spiro atoms. The van der Waals surface area contributed by atoms with E-state index in [4.69, 9.17) is 4.74 Å². The highest BCUT2D eigenvalue weighted by Crippen LogP contribution is 2.43. The van der Waals surface area contributed by atoms with Crippen LogP contribution in [-0.4, -0.2) is 48.3 Å². The molecule has 0 aliphatic carbocycles. The number of carbonyl (C=O) groups is 3. The summed E-state index contributed by atoms with van der Waals surface area (Å²) < 4.78 is 5.32. The Morgan fingerprint density at radius 3 is 1.78 bits per heavy atom. The molecule has 32 heavy (non-hydrogen) atoms. The fourth-order valence-electron chi connectivity index (χ4n) is 4.33. The average molecular weight is 428 g/mol. The molecule has 0 N–H and O–H groups in total. The van der Waals surface area contributed by atoms with Gasteiger partial charge in [-0.3, -0.25) is 9.59 Å². The number of ether oxygens (including phenoxy) is 1. The van der Waals surface area contributed by atoms with Gasteiger partial charge in [0.25, 0.3) is 11.8 Å². The van der Waals surface area contributed by atoms with Crippen LogP contribution >= 0.6 is 0 Å². The summed E-state index contributed by atoms with van der Waals surface area (Å²) in [4.78, 5) is 42.9. The Bertz CT molecular complexity index is 1210. The molecule has 162 valence electrons. The van der Waals surface area contributed by atoms with Crippen molar-refractivity contribution in [2.24, 2.45) is 0 Å². The van der Waals surface area contributed by atoms with Crippen LogP contribution in [-0.2, 0) is 19.1 Å². The lowest BCUT2D eigenvalue weighted by atomic mass is 9.94. The van der Waals surface area contributed by atoms with Crippen LogP contribution in [0.25, 0.3) is 11.4 Å². The number of nitrogens with zero attached hydrogens (tertiary/aromatic N) is 2. The van der Waals surface area contributed by atoms with Crippen molar-refractivity contribution in [1.29, 1.82) is 0 Å². The molecule has 2 amide bonds. The van der Waals surface area contributed by atoms with Crippen LogP contribution in [0.4, 0.5) is 0 Å². The van der Waals surface area contributed by atoms with E-state index in [9.17, 15) is 14.4 Å². The number of hydrogen-bond acceptors (Lipinski definition) is 4. The third kappa shape index (κ3) is 3.24. The van der Waals surface area contributed by atoms with Gasteiger partial charge >= 0.3 is 5.97 Å². The van der Waals surface area contributed by atoms with Crippen LogP contribution in [0, 0.1) is 0 Å². The highest BCUT2D eigenvalue weighted by Gasteiger charge is 2.44. The molecule has 2 aromatic carbocycles. The zero-order chi connectivity index (χ0) is 23.0. The molecular weight excluding hydrogens is 404 g/mol. The maximum atomic E-state index is 13.5. The van der Waals surface area contributed by atoms with Crippen LogP contribution in [0.1, 0.15) is 25.0 Å². The molecule has 2 aromatic rings. The number of carbonyl (C=O) groups excluding carboxylic acids is 3. The van der Waals surface area contributed by atoms with Gasteiger partial charge in [-0.05, 0) is 30.5 Å². The molecule has 6 nitrogen and oxygen atoms in total. The summed E-state index contributed by atoms with van der Waals surface area (Å²) >= 11 is 0. The van der Waals surface area contributed by atoms with E-state index in [2.05, 4.69) is 0 Å². The standard InChI is InChI=1S/C26H24N2O4/c1-5-32-26(31)21-20(25(30)28(4)23(21)18-14-10-7-11-15-18)19-16(2)22(27(3)24(19)29)17-12-8-6-9-13-17/h6-15H,5H2,1-4H3/b20-19+. The van der Waals surface area contributed by atoms with Gasteiger partial charge in [0.1, 0.15) is 0 Å². The summed E-state index contributed by atoms with van der Waals surface area (Å²) in [6.45, 7) is 3.67. The highest BCUT2D eigenvalue weighted by molar-refractivity contribution is 6.26. The van der Waals surface area contributed by atoms with Gasteiger partial charge in [0, 0.05) is 14.1 Å². The van der Waals surface area contributed by atoms with Crippen molar-refractivity contribution in [2.45, 2.75) is 13.8 Å². The van der Waals surface area contributed by atoms with Gasteiger partial charge in [-0.1, -0.05) is 60.7 Å². The molecular formula is C26H24N2O4. The maximum Gasteiger partial charge on any atom is 0.341 e. The first kappa shape index (κ1) is 21.3. The summed E-state index contributed by atoms with van der Waals surface area (Å²) in [5, 5.41) is 0. The largest absolute Gasteiger partial charge is 0.462 e. The minimum atomic E-state index is -0.622. The Labute approximate surface area is 187 Å². The van der Waals surface area contributed by atoms with Crippen molar-refractivity contribution in [3.63, 3.8) is 0 Å². The zero-order valence-corrected chi connectivity index (χ0v) is 18.5. The average Bonchev–Trinajstić information content (AvgIpc) is 3.18. The van der Waals surface area contributed by atoms with Gasteiger partial charge < -0.3 is 14.5 Å². The Hall–Kier alpha value is -3.93. The SMILES string of the molecule is CCOC(=O)C1=C(c2ccccc2)N(C)C(=O)/C1=C1/C(=O)N(C)C(c2ccccc2)=C1C. The quantitative estimate of drug-likeness (QED) is 0.551. The van der Waals surface area contributed by atoms with E-state index >= 15 is 0 Å². The summed E-state index contributed by atoms with van der Waals surface area (Å²) in [6, 6.07) is 18.7. The first-order valence-corrected chi connectivity index (χ1v) is 10.4. The van der Waals surface area contributed by atoms with Crippen molar-refractivity contribution < 1.29 is 19.1 Å². The Balaban J connectivity index is 2.03. The molecule has 2 aliphatic heterocycles. The first-order valence-electron chi connectivity index (χ1n) is 10.4. The number of benzene rings is 2. The van der Waals surface area contributed by atoms with Crippen molar-refractivity contribution in [1.82, 2.24) is 9.80 Å². The fraction of sp³-hybridized carbons (Fsp3) is 0.192. The van der Waals surface area contributed by atoms with E-state index in [0.717, 1.165) is 5.56 Å². The van der Waals surface area contributed by atoms with Gasteiger partial charge in [0.15, 0.2) is 0 Å². The Kier molecular flexibility index (Phi) is 5.53. The molecule has 6 heteroatoms. The van der Waals surface area contributed by atoms with Gasteiger partial charge in [0.05, 0.1) is 34.7 Å². The topological polar surface area (TPSA) is 66.9 Å². The predicted octanol–water partition coefficient (Wildman–Crippen LogP) is 3.63. The molecule has 2 aliphatic rings. The minimum absolute atomic E-state index is 0.0880. The monoisotopic (exact) mass is 428 g/mol. The third-order valence-corrected chi connectivity index (χ3v) is 5.75. The second-order valence-electron chi connectivity index (χ2n) is 7.63. The molecule has 0 aromatic heterocycles. The molecule has 0 bridgehead atoms. The molecule has 0 saturated carbocycles. The molecule has 2 heterocycles. The predicted molar refractivity (Wildman–Crippen MR) is 122 cm³/mol. The van der Waals surface area contributed by atoms with Gasteiger partial charge in [-0.15, -0.1) is 0 Å². The summed E-state index contributed by atoms with van der Waals surface area (Å²) in [7, 11) is 3.29. The number of likely N-dealkylation sites (N-methyl/N-ethyl adjacent to an activating group) is 2. The molecule has 0 radical (unpaired) electrons. The number of rotatable bonds is 4. The van der Waals surface area contributed by atoms with Gasteiger partial charge in [-0.25, -0.2) is 4.79 Å². The minimum Gasteiger partial charge on any atom is -0.462 e. The molecule has 0 atom stereocenters. The Morgan fingerprint density at radius 1 is 0.781 bits per heavy atom. The van der Waals surface area contributed by atoms with Crippen molar-refractivity contribution in [3.8, 4) is 0 Å². The number of hydrogen-bond donors (Lipinski definition) is 0. The summed E-state index contributed by atoms with van der Waals surface area (Å²) in [5.41, 5.74) is 3.80. The molecule has 0 unspecified atom stereocenters. The van der Waals surface area contributed by atoms with E-state index in [1.807, 2.05) is 67.6 Å². The van der Waals surface area contributed by atoms with E-state index in [1.165, 1.54) is 9.80 Å². The van der Waals surface area contributed by atoms with E-state index in [-0.39, 0.29) is 29.2 Å². The van der Waals surface area contributed by atoms with Crippen molar-refractivity contribution >= 4 is 29.2 Å². The fourth-order valence-corrected chi connectivity index (χ4v) is 4.33. The second-order valence-corrected chi connectivity index (χ2v) is 7.63. The maximum absolute atomic E-state index is 13.5. The first-order chi connectivity index (χ1) is 15.4. The lowest BCUT2D eigenvalue weighted by molar-refractivity contribution is -0.138. The van der Waals surface area contributed by atoms with Crippen LogP contribution in [0.3, 0.4) is 0 Å². The highest BCUT2D eigenvalue weighted by atomic mass is 16.5.